The summed E-state index contributed by atoms with van der Waals surface area (Å²) in [4.78, 5) is 0. The molecule has 1 atom stereocenters. The Balaban J connectivity index is 2.63. The fraction of sp³-hybridized carbons (Fsp3) is 1.00. The zero-order valence-electron chi connectivity index (χ0n) is 10.4. The first kappa shape index (κ1) is 12.9. The third kappa shape index (κ3) is 3.42. The summed E-state index contributed by atoms with van der Waals surface area (Å²) < 4.78 is 12.3. The van der Waals surface area contributed by atoms with Crippen molar-refractivity contribution < 1.29 is 8.54 Å². The van der Waals surface area contributed by atoms with Gasteiger partial charge in [0.1, 0.15) is 0 Å². The van der Waals surface area contributed by atoms with Crippen LogP contribution in [0.15, 0.2) is 0 Å². The molecule has 0 amide bonds. The van der Waals surface area contributed by atoms with Crippen LogP contribution in [0.4, 0.5) is 0 Å². The minimum Gasteiger partial charge on any atom is -0.463 e. The van der Waals surface area contributed by atoms with E-state index < -0.39 is 24.7 Å². The van der Waals surface area contributed by atoms with Crippen LogP contribution in [0.2, 0.25) is 32.2 Å². The van der Waals surface area contributed by atoms with Crippen LogP contribution in [0.5, 0.6) is 0 Å². The van der Waals surface area contributed by atoms with Gasteiger partial charge in [-0.3, -0.25) is 0 Å². The van der Waals surface area contributed by atoms with E-state index in [0.717, 1.165) is 0 Å². The Hall–Kier alpha value is 0.788. The molecule has 1 fully saturated rings. The van der Waals surface area contributed by atoms with Crippen molar-refractivity contribution in [1.29, 1.82) is 0 Å². The van der Waals surface area contributed by atoms with Crippen molar-refractivity contribution in [2.75, 3.05) is 0 Å². The van der Waals surface area contributed by atoms with Crippen molar-refractivity contribution >= 4 is 34.0 Å². The highest BCUT2D eigenvalue weighted by atomic mass is 29.6. The van der Waals surface area contributed by atoms with E-state index in [1.807, 2.05) is 0 Å². The summed E-state index contributed by atoms with van der Waals surface area (Å²) in [6.45, 7) is 14.2. The van der Waals surface area contributed by atoms with Gasteiger partial charge < -0.3 is 8.54 Å². The van der Waals surface area contributed by atoms with E-state index in [9.17, 15) is 0 Å². The van der Waals surface area contributed by atoms with Gasteiger partial charge in [0, 0.05) is 5.60 Å². The molecule has 0 spiro atoms. The topological polar surface area (TPSA) is 18.5 Å². The van der Waals surface area contributed by atoms with Crippen molar-refractivity contribution in [2.45, 2.75) is 51.7 Å². The summed E-state index contributed by atoms with van der Waals surface area (Å²) >= 11 is 0. The van der Waals surface area contributed by atoms with E-state index in [4.69, 9.17) is 8.54 Å². The third-order valence-electron chi connectivity index (χ3n) is 2.81. The second-order valence-corrected chi connectivity index (χ2v) is 27.3. The summed E-state index contributed by atoms with van der Waals surface area (Å²) in [5, 5.41) is 0. The maximum absolute atomic E-state index is 6.28. The minimum absolute atomic E-state index is 0.174. The monoisotopic (exact) mass is 264 g/mol. The molecule has 1 saturated heterocycles. The van der Waals surface area contributed by atoms with Gasteiger partial charge in [-0.2, -0.15) is 0 Å². The van der Waals surface area contributed by atoms with Gasteiger partial charge in [0.05, 0.1) is 7.59 Å². The molecule has 1 heterocycles. The van der Waals surface area contributed by atoms with Crippen LogP contribution in [0.1, 0.15) is 13.8 Å². The van der Waals surface area contributed by atoms with Crippen LogP contribution in [0.25, 0.3) is 0 Å². The maximum Gasteiger partial charge on any atom is 0.175 e. The van der Waals surface area contributed by atoms with Crippen molar-refractivity contribution in [2.24, 2.45) is 0 Å². The predicted octanol–water partition coefficient (Wildman–Crippen LogP) is 0.886. The van der Waals surface area contributed by atoms with E-state index in [-0.39, 0.29) is 14.9 Å². The Morgan fingerprint density at radius 3 is 2.43 bits per heavy atom. The van der Waals surface area contributed by atoms with Crippen molar-refractivity contribution in [3.8, 4) is 0 Å². The Kier molecular flexibility index (Phi) is 3.99. The lowest BCUT2D eigenvalue weighted by Gasteiger charge is -2.44. The molecule has 14 heavy (non-hydrogen) atoms. The Labute approximate surface area is 94.4 Å². The molecule has 0 saturated carbocycles. The molecule has 0 aliphatic carbocycles. The van der Waals surface area contributed by atoms with Crippen LogP contribution in [0.3, 0.4) is 0 Å². The summed E-state index contributed by atoms with van der Waals surface area (Å²) in [6, 6.07) is 1.31. The highest BCUT2D eigenvalue weighted by molar-refractivity contribution is 7.49. The van der Waals surface area contributed by atoms with Crippen LogP contribution in [-0.2, 0) is 8.54 Å². The summed E-state index contributed by atoms with van der Waals surface area (Å²) in [6.07, 6.45) is 0. The lowest BCUT2D eigenvalue weighted by atomic mass is 10.2. The molecular formula is C8H24O2Si4. The second kappa shape index (κ2) is 4.34. The fourth-order valence-electron chi connectivity index (χ4n) is 2.34. The summed E-state index contributed by atoms with van der Waals surface area (Å²) in [5.74, 6) is 0. The molecule has 84 valence electrons. The molecule has 0 bridgehead atoms. The average Bonchev–Trinajstić information content (AvgIpc) is 1.92. The molecule has 2 nitrogen and oxygen atoms in total. The van der Waals surface area contributed by atoms with E-state index in [1.54, 1.807) is 0 Å². The van der Waals surface area contributed by atoms with Crippen molar-refractivity contribution in [1.82, 2.24) is 0 Å². The fourth-order valence-corrected chi connectivity index (χ4v) is 32.0. The Morgan fingerprint density at radius 2 is 2.00 bits per heavy atom. The lowest BCUT2D eigenvalue weighted by molar-refractivity contribution is 0.138. The maximum atomic E-state index is 6.28. The highest BCUT2D eigenvalue weighted by Crippen LogP contribution is 2.30. The van der Waals surface area contributed by atoms with E-state index in [1.165, 1.54) is 6.04 Å². The van der Waals surface area contributed by atoms with Crippen LogP contribution >= 0.6 is 0 Å². The van der Waals surface area contributed by atoms with Gasteiger partial charge in [-0.25, -0.2) is 0 Å². The highest BCUT2D eigenvalue weighted by Gasteiger charge is 2.45. The number of rotatable bonds is 2. The molecule has 0 aromatic rings. The van der Waals surface area contributed by atoms with Gasteiger partial charge in [0.25, 0.3) is 0 Å². The van der Waals surface area contributed by atoms with E-state index in [0.29, 0.717) is 0 Å². The molecule has 6 heteroatoms. The Morgan fingerprint density at radius 1 is 1.43 bits per heavy atom. The summed E-state index contributed by atoms with van der Waals surface area (Å²) in [5.41, 5.74) is 0.174. The SMILES string of the molecule is C[SiH](C)O[SiH]1[SiH2]OC(C)(C)C[Si]1(C)C. The number of hydrogen-bond donors (Lipinski definition) is 0. The first-order chi connectivity index (χ1) is 6.23. The minimum atomic E-state index is -1.03. The van der Waals surface area contributed by atoms with Gasteiger partial charge in [-0.1, -0.05) is 13.1 Å². The van der Waals surface area contributed by atoms with Crippen molar-refractivity contribution in [3.05, 3.63) is 0 Å². The zero-order valence-corrected chi connectivity index (χ0v) is 15.1. The first-order valence-corrected chi connectivity index (χ1v) is 17.6. The molecule has 0 N–H and O–H groups in total. The smallest absolute Gasteiger partial charge is 0.175 e. The predicted molar refractivity (Wildman–Crippen MR) is 73.1 cm³/mol. The van der Waals surface area contributed by atoms with E-state index >= 15 is 0 Å². The second-order valence-electron chi connectivity index (χ2n) is 5.91. The van der Waals surface area contributed by atoms with Gasteiger partial charge >= 0.3 is 0 Å². The van der Waals surface area contributed by atoms with Gasteiger partial charge in [-0.15, -0.1) is 0 Å². The van der Waals surface area contributed by atoms with Crippen LogP contribution in [0, 0.1) is 0 Å². The molecule has 0 aromatic heterocycles. The van der Waals surface area contributed by atoms with Gasteiger partial charge in [0.2, 0.25) is 0 Å². The van der Waals surface area contributed by atoms with Crippen LogP contribution < -0.4 is 0 Å². The van der Waals surface area contributed by atoms with Crippen molar-refractivity contribution in [3.63, 3.8) is 0 Å². The average molecular weight is 265 g/mol. The normalized spacial score (nSPS) is 32.4. The summed E-state index contributed by atoms with van der Waals surface area (Å²) in [7, 11) is -3.02. The van der Waals surface area contributed by atoms with Gasteiger partial charge in [0.15, 0.2) is 26.4 Å². The largest absolute Gasteiger partial charge is 0.463 e. The number of hydrogen-bond acceptors (Lipinski definition) is 2. The molecule has 1 rings (SSSR count). The molecular weight excluding hydrogens is 240 g/mol. The molecule has 1 aliphatic rings. The van der Waals surface area contributed by atoms with Gasteiger partial charge in [-0.05, 0) is 33.0 Å². The van der Waals surface area contributed by atoms with Crippen LogP contribution in [-0.4, -0.2) is 39.6 Å². The quantitative estimate of drug-likeness (QED) is 0.690. The Bertz CT molecular complexity index is 206. The third-order valence-corrected chi connectivity index (χ3v) is 32.7. The zero-order chi connectivity index (χ0) is 11.0. The standard InChI is InChI=1S/C8H24O2Si4/c1-8(2)7-14(5,6)13(11-9-8)10-12(3)4/h12-13H,7,11H2,1-6H3. The molecule has 0 radical (unpaired) electrons. The van der Waals surface area contributed by atoms with E-state index in [2.05, 4.69) is 40.0 Å². The molecule has 0 aromatic carbocycles. The first-order valence-electron chi connectivity index (χ1n) is 5.52. The molecule has 1 aliphatic heterocycles. The molecule has 1 unspecified atom stereocenters. The lowest BCUT2D eigenvalue weighted by Crippen LogP contribution is -2.62.